The van der Waals surface area contributed by atoms with Gasteiger partial charge in [0, 0.05) is 37.8 Å². The van der Waals surface area contributed by atoms with Crippen LogP contribution in [0.5, 0.6) is 11.5 Å². The third kappa shape index (κ3) is 5.72. The van der Waals surface area contributed by atoms with Gasteiger partial charge in [-0.1, -0.05) is 25.0 Å². The minimum Gasteiger partial charge on any atom is -0.508 e. The number of ether oxygens (including phenoxy) is 1. The molecule has 1 aromatic heterocycles. The molecule has 6 heteroatoms. The summed E-state index contributed by atoms with van der Waals surface area (Å²) >= 11 is 0. The Morgan fingerprint density at radius 1 is 1.17 bits per heavy atom. The zero-order valence-corrected chi connectivity index (χ0v) is 17.4. The lowest BCUT2D eigenvalue weighted by molar-refractivity contribution is -0.128. The van der Waals surface area contributed by atoms with Gasteiger partial charge >= 0.3 is 0 Å². The largest absolute Gasteiger partial charge is 0.508 e. The Balaban J connectivity index is 1.40. The summed E-state index contributed by atoms with van der Waals surface area (Å²) in [6.07, 6.45) is 8.92. The smallest absolute Gasteiger partial charge is 0.224 e. The Hall–Kier alpha value is -2.60. The number of phenolic OH excluding ortho intramolecular Hbond substituents is 1. The zero-order chi connectivity index (χ0) is 20.8. The number of rotatable bonds is 7. The summed E-state index contributed by atoms with van der Waals surface area (Å²) < 4.78 is 5.97. The number of aromatic nitrogens is 1. The SMILES string of the molecule is O=C(NC1CCCC1)[C@@H]1C[C@H](COc2cccnc2)CN(Cc2ccc(O)cc2)C1. The number of aromatic hydroxyl groups is 1. The number of carbonyl (C=O) groups excluding carboxylic acids is 1. The van der Waals surface area contributed by atoms with Gasteiger partial charge in [0.2, 0.25) is 5.91 Å². The molecule has 1 saturated heterocycles. The lowest BCUT2D eigenvalue weighted by Crippen LogP contribution is -2.48. The molecule has 0 bridgehead atoms. The van der Waals surface area contributed by atoms with Gasteiger partial charge in [0.05, 0.1) is 18.7 Å². The number of benzene rings is 1. The van der Waals surface area contributed by atoms with Gasteiger partial charge in [0.1, 0.15) is 11.5 Å². The van der Waals surface area contributed by atoms with Crippen LogP contribution < -0.4 is 10.1 Å². The summed E-state index contributed by atoms with van der Waals surface area (Å²) in [5.74, 6) is 1.46. The minimum atomic E-state index is -0.0287. The number of likely N-dealkylation sites (tertiary alicyclic amines) is 1. The third-order valence-corrected chi connectivity index (χ3v) is 6.15. The third-order valence-electron chi connectivity index (χ3n) is 6.15. The van der Waals surface area contributed by atoms with Crippen molar-refractivity contribution >= 4 is 5.91 Å². The second-order valence-corrected chi connectivity index (χ2v) is 8.65. The number of amides is 1. The maximum atomic E-state index is 13.0. The van der Waals surface area contributed by atoms with E-state index in [0.29, 0.717) is 12.6 Å². The first-order valence-corrected chi connectivity index (χ1v) is 11.0. The monoisotopic (exact) mass is 409 g/mol. The Labute approximate surface area is 178 Å². The molecule has 6 nitrogen and oxygen atoms in total. The van der Waals surface area contributed by atoms with Crippen molar-refractivity contribution in [2.24, 2.45) is 11.8 Å². The van der Waals surface area contributed by atoms with E-state index in [1.807, 2.05) is 24.3 Å². The molecule has 2 atom stereocenters. The Bertz CT molecular complexity index is 806. The van der Waals surface area contributed by atoms with E-state index in [0.717, 1.165) is 50.2 Å². The maximum Gasteiger partial charge on any atom is 0.224 e. The molecule has 1 aliphatic heterocycles. The maximum absolute atomic E-state index is 13.0. The van der Waals surface area contributed by atoms with Crippen LogP contribution in [0.3, 0.4) is 0 Å². The molecule has 2 aliphatic rings. The van der Waals surface area contributed by atoms with Gasteiger partial charge in [-0.3, -0.25) is 14.7 Å². The molecule has 4 rings (SSSR count). The molecule has 160 valence electrons. The van der Waals surface area contributed by atoms with Gasteiger partial charge in [0.15, 0.2) is 0 Å². The van der Waals surface area contributed by atoms with Crippen LogP contribution in [0.4, 0.5) is 0 Å². The van der Waals surface area contributed by atoms with Crippen LogP contribution in [0.2, 0.25) is 0 Å². The van der Waals surface area contributed by atoms with Crippen LogP contribution in [-0.2, 0) is 11.3 Å². The molecule has 2 N–H and O–H groups in total. The number of nitrogens with zero attached hydrogens (tertiary/aromatic N) is 2. The van der Waals surface area contributed by atoms with Crippen molar-refractivity contribution in [2.75, 3.05) is 19.7 Å². The summed E-state index contributed by atoms with van der Waals surface area (Å²) in [7, 11) is 0. The predicted molar refractivity (Wildman–Crippen MR) is 115 cm³/mol. The van der Waals surface area contributed by atoms with E-state index >= 15 is 0 Å². The fourth-order valence-corrected chi connectivity index (χ4v) is 4.64. The summed E-state index contributed by atoms with van der Waals surface area (Å²) in [5, 5.41) is 12.8. The van der Waals surface area contributed by atoms with Gasteiger partial charge in [-0.2, -0.15) is 0 Å². The first kappa shape index (κ1) is 20.7. The van der Waals surface area contributed by atoms with Crippen LogP contribution in [0.1, 0.15) is 37.7 Å². The number of carbonyl (C=O) groups is 1. The van der Waals surface area contributed by atoms with E-state index in [2.05, 4.69) is 15.2 Å². The van der Waals surface area contributed by atoms with Crippen molar-refractivity contribution < 1.29 is 14.6 Å². The Morgan fingerprint density at radius 3 is 2.70 bits per heavy atom. The van der Waals surface area contributed by atoms with Gasteiger partial charge in [-0.15, -0.1) is 0 Å². The highest BCUT2D eigenvalue weighted by Crippen LogP contribution is 2.26. The lowest BCUT2D eigenvalue weighted by atomic mass is 9.88. The summed E-state index contributed by atoms with van der Waals surface area (Å²) in [5.41, 5.74) is 1.14. The predicted octanol–water partition coefficient (Wildman–Crippen LogP) is 3.36. The minimum absolute atomic E-state index is 0.0287. The van der Waals surface area contributed by atoms with Gasteiger partial charge in [-0.05, 0) is 49.1 Å². The number of nitrogens with one attached hydrogen (secondary N) is 1. The lowest BCUT2D eigenvalue weighted by Gasteiger charge is -2.37. The topological polar surface area (TPSA) is 74.7 Å². The van der Waals surface area contributed by atoms with Gasteiger partial charge in [-0.25, -0.2) is 0 Å². The zero-order valence-electron chi connectivity index (χ0n) is 17.4. The van der Waals surface area contributed by atoms with Gasteiger partial charge < -0.3 is 15.2 Å². The molecular weight excluding hydrogens is 378 g/mol. The average molecular weight is 410 g/mol. The van der Waals surface area contributed by atoms with Crippen LogP contribution in [-0.4, -0.2) is 46.6 Å². The standard InChI is InChI=1S/C24H31N3O3/c28-22-9-7-18(8-10-22)14-27-15-19(17-30-23-6-3-11-25-13-23)12-20(16-27)24(29)26-21-4-1-2-5-21/h3,6-11,13,19-21,28H,1-2,4-5,12,14-17H2,(H,26,29)/t19-,20+/m0/s1. The van der Waals surface area contributed by atoms with E-state index in [-0.39, 0.29) is 23.5 Å². The first-order chi connectivity index (χ1) is 14.7. The normalized spacial score (nSPS) is 22.7. The fraction of sp³-hybridized carbons (Fsp3) is 0.500. The molecule has 1 aromatic carbocycles. The van der Waals surface area contributed by atoms with E-state index in [1.165, 1.54) is 12.8 Å². The molecule has 2 fully saturated rings. The fourth-order valence-electron chi connectivity index (χ4n) is 4.64. The highest BCUT2D eigenvalue weighted by Gasteiger charge is 2.33. The van der Waals surface area contributed by atoms with E-state index < -0.39 is 0 Å². The highest BCUT2D eigenvalue weighted by atomic mass is 16.5. The molecule has 0 unspecified atom stereocenters. The van der Waals surface area contributed by atoms with Crippen LogP contribution in [0.15, 0.2) is 48.8 Å². The Morgan fingerprint density at radius 2 is 1.97 bits per heavy atom. The molecule has 30 heavy (non-hydrogen) atoms. The van der Waals surface area contributed by atoms with E-state index in [1.54, 1.807) is 24.5 Å². The molecule has 0 spiro atoms. The number of phenols is 1. The van der Waals surface area contributed by atoms with Crippen molar-refractivity contribution in [1.82, 2.24) is 15.2 Å². The molecule has 1 aliphatic carbocycles. The van der Waals surface area contributed by atoms with E-state index in [4.69, 9.17) is 4.74 Å². The van der Waals surface area contributed by atoms with Crippen LogP contribution in [0.25, 0.3) is 0 Å². The van der Waals surface area contributed by atoms with Crippen LogP contribution in [0, 0.1) is 11.8 Å². The molecule has 0 radical (unpaired) electrons. The molecule has 1 amide bonds. The number of pyridine rings is 1. The number of hydrogen-bond acceptors (Lipinski definition) is 5. The molecule has 2 aromatic rings. The van der Waals surface area contributed by atoms with E-state index in [9.17, 15) is 9.90 Å². The Kier molecular flexibility index (Phi) is 6.84. The molecule has 2 heterocycles. The summed E-state index contributed by atoms with van der Waals surface area (Å²) in [6.45, 7) is 2.97. The molecular formula is C24H31N3O3. The van der Waals surface area contributed by atoms with Crippen molar-refractivity contribution in [3.8, 4) is 11.5 Å². The second-order valence-electron chi connectivity index (χ2n) is 8.65. The first-order valence-electron chi connectivity index (χ1n) is 11.0. The van der Waals surface area contributed by atoms with Crippen molar-refractivity contribution in [3.63, 3.8) is 0 Å². The van der Waals surface area contributed by atoms with Gasteiger partial charge in [0.25, 0.3) is 0 Å². The van der Waals surface area contributed by atoms with Crippen molar-refractivity contribution in [2.45, 2.75) is 44.7 Å². The number of hydrogen-bond donors (Lipinski definition) is 2. The number of piperidine rings is 1. The quantitative estimate of drug-likeness (QED) is 0.733. The van der Waals surface area contributed by atoms with Crippen LogP contribution >= 0.6 is 0 Å². The summed E-state index contributed by atoms with van der Waals surface area (Å²) in [6, 6.07) is 11.4. The summed E-state index contributed by atoms with van der Waals surface area (Å²) in [4.78, 5) is 19.4. The average Bonchev–Trinajstić information content (AvgIpc) is 3.27. The second kappa shape index (κ2) is 9.94. The van der Waals surface area contributed by atoms with Crippen molar-refractivity contribution in [3.05, 3.63) is 54.4 Å². The van der Waals surface area contributed by atoms with Crippen molar-refractivity contribution in [1.29, 1.82) is 0 Å². The highest BCUT2D eigenvalue weighted by molar-refractivity contribution is 5.79. The molecule has 1 saturated carbocycles.